The largest absolute Gasteiger partial charge is 0.468 e. The number of thiophene rings is 1. The third-order valence-corrected chi connectivity index (χ3v) is 7.65. The third-order valence-electron chi connectivity index (χ3n) is 6.58. The highest BCUT2D eigenvalue weighted by atomic mass is 32.1. The number of dihydropyridines is 1. The van der Waals surface area contributed by atoms with Crippen LogP contribution in [0.4, 0.5) is 0 Å². The van der Waals surface area contributed by atoms with Gasteiger partial charge < -0.3 is 14.8 Å². The number of methoxy groups -OCH3 is 1. The molecule has 0 spiro atoms. The maximum Gasteiger partial charge on any atom is 0.337 e. The first-order valence-electron chi connectivity index (χ1n) is 10.9. The fourth-order valence-electron chi connectivity index (χ4n) is 5.07. The van der Waals surface area contributed by atoms with Crippen LogP contribution in [-0.2, 0) is 23.9 Å². The molecule has 1 fully saturated rings. The van der Waals surface area contributed by atoms with Crippen molar-refractivity contribution >= 4 is 29.1 Å². The molecule has 1 N–H and O–H groups in total. The SMILES string of the molecule is COC(=O)[C@@H]1C(=O)C2=C(C[C@H]1C)NC(C)=C(C(=O)OC1CCCC1)[C@@H]2c1ccc(C)s1. The van der Waals surface area contributed by atoms with Crippen molar-refractivity contribution < 1.29 is 23.9 Å². The average Bonchev–Trinajstić information content (AvgIpc) is 3.38. The molecule has 2 heterocycles. The summed E-state index contributed by atoms with van der Waals surface area (Å²) in [5, 5.41) is 3.31. The molecule has 0 aromatic carbocycles. The topological polar surface area (TPSA) is 81.7 Å². The van der Waals surface area contributed by atoms with E-state index in [0.29, 0.717) is 23.3 Å². The quantitative estimate of drug-likeness (QED) is 0.556. The van der Waals surface area contributed by atoms with E-state index in [1.54, 1.807) is 11.3 Å². The standard InChI is InChI=1S/C24H29NO5S/c1-12-11-16-20(22(26)18(12)23(27)29-4)21(17-10-9-13(2)31-17)19(14(3)25-16)24(28)30-15-7-5-6-8-15/h9-10,12,15,18,21,25H,5-8,11H2,1-4H3/t12-,18+,21+/m1/s1. The molecule has 166 valence electrons. The van der Waals surface area contributed by atoms with E-state index in [2.05, 4.69) is 5.32 Å². The second kappa shape index (κ2) is 8.61. The van der Waals surface area contributed by atoms with Crippen LogP contribution in [0.25, 0.3) is 0 Å². The Balaban J connectivity index is 1.78. The van der Waals surface area contributed by atoms with Gasteiger partial charge in [0.15, 0.2) is 5.78 Å². The molecule has 1 saturated carbocycles. The van der Waals surface area contributed by atoms with Crippen LogP contribution in [0.5, 0.6) is 0 Å². The van der Waals surface area contributed by atoms with Crippen LogP contribution in [-0.4, -0.2) is 30.9 Å². The first-order valence-corrected chi connectivity index (χ1v) is 11.7. The summed E-state index contributed by atoms with van der Waals surface area (Å²) in [6.45, 7) is 5.75. The number of hydrogen-bond acceptors (Lipinski definition) is 7. The first kappa shape index (κ1) is 21.8. The number of ketones is 1. The van der Waals surface area contributed by atoms with Gasteiger partial charge in [0.2, 0.25) is 0 Å². The van der Waals surface area contributed by atoms with Crippen LogP contribution in [0.3, 0.4) is 0 Å². The highest BCUT2D eigenvalue weighted by molar-refractivity contribution is 7.12. The average molecular weight is 444 g/mol. The van der Waals surface area contributed by atoms with Crippen molar-refractivity contribution in [2.24, 2.45) is 11.8 Å². The van der Waals surface area contributed by atoms with Gasteiger partial charge in [0.05, 0.1) is 18.6 Å². The number of rotatable bonds is 4. The summed E-state index contributed by atoms with van der Waals surface area (Å²) >= 11 is 1.56. The molecule has 0 saturated heterocycles. The second-order valence-electron chi connectivity index (χ2n) is 8.80. The maximum atomic E-state index is 13.6. The number of nitrogens with one attached hydrogen (secondary N) is 1. The highest BCUT2D eigenvalue weighted by Gasteiger charge is 2.47. The number of allylic oxidation sites excluding steroid dienone is 3. The van der Waals surface area contributed by atoms with Gasteiger partial charge in [-0.15, -0.1) is 11.3 Å². The van der Waals surface area contributed by atoms with Crippen molar-refractivity contribution in [3.05, 3.63) is 44.4 Å². The molecule has 3 atom stereocenters. The molecule has 4 rings (SSSR count). The monoisotopic (exact) mass is 443 g/mol. The fourth-order valence-corrected chi connectivity index (χ4v) is 6.06. The van der Waals surface area contributed by atoms with Gasteiger partial charge in [-0.3, -0.25) is 9.59 Å². The molecule has 3 aliphatic rings. The van der Waals surface area contributed by atoms with Gasteiger partial charge in [0, 0.05) is 26.7 Å². The Bertz CT molecular complexity index is 982. The summed E-state index contributed by atoms with van der Waals surface area (Å²) in [5.41, 5.74) is 2.48. The lowest BCUT2D eigenvalue weighted by Crippen LogP contribution is -2.43. The number of carbonyl (C=O) groups excluding carboxylic acids is 3. The van der Waals surface area contributed by atoms with Crippen LogP contribution in [0.1, 0.15) is 61.6 Å². The molecule has 0 bridgehead atoms. The van der Waals surface area contributed by atoms with Gasteiger partial charge in [-0.2, -0.15) is 0 Å². The molecule has 0 amide bonds. The fraction of sp³-hybridized carbons (Fsp3) is 0.542. The van der Waals surface area contributed by atoms with E-state index in [-0.39, 0.29) is 23.8 Å². The van der Waals surface area contributed by atoms with Gasteiger partial charge in [0.25, 0.3) is 0 Å². The molecule has 31 heavy (non-hydrogen) atoms. The highest BCUT2D eigenvalue weighted by Crippen LogP contribution is 2.47. The summed E-state index contributed by atoms with van der Waals surface area (Å²) in [6.07, 6.45) is 4.36. The third kappa shape index (κ3) is 3.95. The molecule has 1 aliphatic heterocycles. The number of ether oxygens (including phenoxy) is 2. The van der Waals surface area contributed by atoms with E-state index in [1.807, 2.05) is 32.9 Å². The lowest BCUT2D eigenvalue weighted by molar-refractivity contribution is -0.151. The Morgan fingerprint density at radius 1 is 1.16 bits per heavy atom. The molecule has 1 aromatic heterocycles. The van der Waals surface area contributed by atoms with Crippen molar-refractivity contribution in [2.45, 2.75) is 64.9 Å². The Labute approximate surface area is 186 Å². The molecule has 6 nitrogen and oxygen atoms in total. The van der Waals surface area contributed by atoms with Crippen LogP contribution >= 0.6 is 11.3 Å². The lowest BCUT2D eigenvalue weighted by atomic mass is 9.70. The van der Waals surface area contributed by atoms with Crippen molar-refractivity contribution in [3.8, 4) is 0 Å². The van der Waals surface area contributed by atoms with Crippen molar-refractivity contribution in [1.29, 1.82) is 0 Å². The minimum absolute atomic E-state index is 0.0706. The second-order valence-corrected chi connectivity index (χ2v) is 10.1. The number of aryl methyl sites for hydroxylation is 1. The summed E-state index contributed by atoms with van der Waals surface area (Å²) in [4.78, 5) is 41.4. The van der Waals surface area contributed by atoms with E-state index in [1.165, 1.54) is 7.11 Å². The molecular formula is C24H29NO5S. The van der Waals surface area contributed by atoms with Gasteiger partial charge in [0.1, 0.15) is 12.0 Å². The van der Waals surface area contributed by atoms with Crippen molar-refractivity contribution in [3.63, 3.8) is 0 Å². The molecule has 2 aliphatic carbocycles. The molecule has 0 radical (unpaired) electrons. The van der Waals surface area contributed by atoms with Crippen molar-refractivity contribution in [2.75, 3.05) is 7.11 Å². The minimum atomic E-state index is -0.861. The normalized spacial score (nSPS) is 26.6. The number of esters is 2. The predicted octanol–water partition coefficient (Wildman–Crippen LogP) is 4.16. The van der Waals surface area contributed by atoms with Gasteiger partial charge >= 0.3 is 11.9 Å². The molecule has 1 aromatic rings. The zero-order chi connectivity index (χ0) is 22.3. The summed E-state index contributed by atoms with van der Waals surface area (Å²) in [6, 6.07) is 3.96. The molecule has 7 heteroatoms. The molecular weight excluding hydrogens is 414 g/mol. The first-order chi connectivity index (χ1) is 14.8. The van der Waals surface area contributed by atoms with E-state index < -0.39 is 17.8 Å². The molecule has 0 unspecified atom stereocenters. The number of hydrogen-bond donors (Lipinski definition) is 1. The number of Topliss-reactive ketones (excluding diaryl/α,β-unsaturated/α-hetero) is 1. The number of carbonyl (C=O) groups is 3. The van der Waals surface area contributed by atoms with Crippen LogP contribution in [0, 0.1) is 18.8 Å². The Morgan fingerprint density at radius 3 is 2.48 bits per heavy atom. The Hall–Kier alpha value is -2.41. The van der Waals surface area contributed by atoms with E-state index in [9.17, 15) is 14.4 Å². The van der Waals surface area contributed by atoms with E-state index in [0.717, 1.165) is 41.1 Å². The van der Waals surface area contributed by atoms with Gasteiger partial charge in [-0.05, 0) is 64.0 Å². The summed E-state index contributed by atoms with van der Waals surface area (Å²) < 4.78 is 10.8. The zero-order valence-corrected chi connectivity index (χ0v) is 19.3. The summed E-state index contributed by atoms with van der Waals surface area (Å²) in [7, 11) is 1.31. The smallest absolute Gasteiger partial charge is 0.337 e. The van der Waals surface area contributed by atoms with Crippen LogP contribution in [0.2, 0.25) is 0 Å². The van der Waals surface area contributed by atoms with Crippen LogP contribution in [0.15, 0.2) is 34.7 Å². The Morgan fingerprint density at radius 2 is 1.87 bits per heavy atom. The van der Waals surface area contributed by atoms with Gasteiger partial charge in [-0.25, -0.2) is 4.79 Å². The predicted molar refractivity (Wildman–Crippen MR) is 117 cm³/mol. The lowest BCUT2D eigenvalue weighted by Gasteiger charge is -2.38. The van der Waals surface area contributed by atoms with E-state index in [4.69, 9.17) is 9.47 Å². The maximum absolute atomic E-state index is 13.6. The van der Waals surface area contributed by atoms with Crippen molar-refractivity contribution in [1.82, 2.24) is 5.32 Å². The Kier molecular flexibility index (Phi) is 6.06. The van der Waals surface area contributed by atoms with Crippen LogP contribution < -0.4 is 5.32 Å². The van der Waals surface area contributed by atoms with Gasteiger partial charge in [-0.1, -0.05) is 6.92 Å². The van der Waals surface area contributed by atoms with E-state index >= 15 is 0 Å². The summed E-state index contributed by atoms with van der Waals surface area (Å²) in [5.74, 6) is -2.73. The minimum Gasteiger partial charge on any atom is -0.468 e. The zero-order valence-electron chi connectivity index (χ0n) is 18.4.